The van der Waals surface area contributed by atoms with Crippen molar-refractivity contribution in [1.82, 2.24) is 0 Å². The van der Waals surface area contributed by atoms with Gasteiger partial charge in [0.25, 0.3) is 0 Å². The summed E-state index contributed by atoms with van der Waals surface area (Å²) in [4.78, 5) is 0. The van der Waals surface area contributed by atoms with Crippen LogP contribution in [0, 0.1) is 11.8 Å². The molecule has 8 N–H and O–H groups in total. The van der Waals surface area contributed by atoms with E-state index in [9.17, 15) is 20.4 Å². The molecule has 10 nitrogen and oxygen atoms in total. The summed E-state index contributed by atoms with van der Waals surface area (Å²) < 4.78 is 23.7. The Kier molecular flexibility index (Phi) is 8.70. The van der Waals surface area contributed by atoms with E-state index in [0.717, 1.165) is 19.3 Å². The number of aliphatic hydroxyl groups is 4. The second kappa shape index (κ2) is 10.7. The van der Waals surface area contributed by atoms with Crippen LogP contribution >= 0.6 is 0 Å². The molecule has 0 aromatic rings. The highest BCUT2D eigenvalue weighted by Crippen LogP contribution is 2.35. The molecular weight excluding hydrogens is 408 g/mol. The number of rotatable bonds is 6. The zero-order chi connectivity index (χ0) is 22.9. The Bertz CT molecular complexity index is 569. The molecule has 182 valence electrons. The van der Waals surface area contributed by atoms with Gasteiger partial charge in [0.15, 0.2) is 12.6 Å². The van der Waals surface area contributed by atoms with Crippen LogP contribution in [0.2, 0.25) is 0 Å². The molecule has 2 saturated heterocycles. The summed E-state index contributed by atoms with van der Waals surface area (Å²) >= 11 is 0. The minimum Gasteiger partial charge on any atom is -0.394 e. The highest BCUT2D eigenvalue weighted by Gasteiger charge is 2.49. The summed E-state index contributed by atoms with van der Waals surface area (Å²) in [6.07, 6.45) is -4.23. The molecule has 3 aliphatic rings. The third-order valence-corrected chi connectivity index (χ3v) is 7.01. The highest BCUT2D eigenvalue weighted by atomic mass is 16.7. The molecule has 1 saturated carbocycles. The predicted octanol–water partition coefficient (Wildman–Crippen LogP) is -1.20. The highest BCUT2D eigenvalue weighted by molar-refractivity contribution is 4.98. The Labute approximate surface area is 183 Å². The van der Waals surface area contributed by atoms with Gasteiger partial charge >= 0.3 is 0 Å². The van der Waals surface area contributed by atoms with E-state index in [0.29, 0.717) is 6.42 Å². The van der Waals surface area contributed by atoms with Gasteiger partial charge in [0.2, 0.25) is 0 Å². The molecule has 3 fully saturated rings. The van der Waals surface area contributed by atoms with Gasteiger partial charge in [-0.05, 0) is 31.6 Å². The largest absolute Gasteiger partial charge is 0.394 e. The fourth-order valence-electron chi connectivity index (χ4n) is 4.85. The van der Waals surface area contributed by atoms with Crippen molar-refractivity contribution in [2.24, 2.45) is 23.3 Å². The van der Waals surface area contributed by atoms with Crippen LogP contribution in [0.15, 0.2) is 0 Å². The van der Waals surface area contributed by atoms with Crippen LogP contribution in [0.3, 0.4) is 0 Å². The number of nitrogens with two attached hydrogens (primary N) is 2. The maximum atomic E-state index is 11.1. The number of aliphatic hydroxyl groups excluding tert-OH is 4. The lowest BCUT2D eigenvalue weighted by molar-refractivity contribution is -0.317. The Morgan fingerprint density at radius 1 is 0.871 bits per heavy atom. The maximum Gasteiger partial charge on any atom is 0.186 e. The van der Waals surface area contributed by atoms with Crippen molar-refractivity contribution in [2.45, 2.75) is 114 Å². The molecule has 0 amide bonds. The van der Waals surface area contributed by atoms with E-state index in [4.69, 9.17) is 30.4 Å². The van der Waals surface area contributed by atoms with E-state index in [1.54, 1.807) is 0 Å². The Hall–Kier alpha value is -0.400. The van der Waals surface area contributed by atoms with E-state index in [2.05, 4.69) is 13.8 Å². The van der Waals surface area contributed by atoms with Crippen LogP contribution in [0.1, 0.15) is 46.5 Å². The van der Waals surface area contributed by atoms with Gasteiger partial charge in [0.05, 0.1) is 24.9 Å². The first-order valence-corrected chi connectivity index (χ1v) is 11.5. The smallest absolute Gasteiger partial charge is 0.186 e. The SMILES string of the molecule is CCC1CCC(C)C(OC2C(C)CC(N)C(OC3OC(CO)C(O)C(N)C3O)C2O)O1. The lowest BCUT2D eigenvalue weighted by Gasteiger charge is -2.47. The quantitative estimate of drug-likeness (QED) is 0.290. The molecule has 2 aliphatic heterocycles. The lowest BCUT2D eigenvalue weighted by Crippen LogP contribution is -2.66. The van der Waals surface area contributed by atoms with Gasteiger partial charge in [-0.25, -0.2) is 0 Å². The van der Waals surface area contributed by atoms with Crippen molar-refractivity contribution in [3.63, 3.8) is 0 Å². The molecule has 2 heterocycles. The summed E-state index contributed by atoms with van der Waals surface area (Å²) in [6, 6.07) is -1.59. The topological polar surface area (TPSA) is 170 Å². The van der Waals surface area contributed by atoms with Crippen molar-refractivity contribution >= 4 is 0 Å². The van der Waals surface area contributed by atoms with Crippen molar-refractivity contribution < 1.29 is 39.4 Å². The molecule has 13 unspecified atom stereocenters. The van der Waals surface area contributed by atoms with E-state index in [1.807, 2.05) is 6.92 Å². The van der Waals surface area contributed by atoms with Crippen LogP contribution < -0.4 is 11.5 Å². The van der Waals surface area contributed by atoms with Crippen molar-refractivity contribution in [2.75, 3.05) is 6.61 Å². The first-order valence-electron chi connectivity index (χ1n) is 11.5. The van der Waals surface area contributed by atoms with E-state index in [-0.39, 0.29) is 17.9 Å². The Morgan fingerprint density at radius 3 is 2.19 bits per heavy atom. The van der Waals surface area contributed by atoms with Crippen LogP contribution in [0.25, 0.3) is 0 Å². The molecular formula is C21H40N2O8. The fraction of sp³-hybridized carbons (Fsp3) is 1.00. The zero-order valence-electron chi connectivity index (χ0n) is 18.6. The van der Waals surface area contributed by atoms with Gasteiger partial charge in [0, 0.05) is 12.0 Å². The van der Waals surface area contributed by atoms with Gasteiger partial charge in [-0.15, -0.1) is 0 Å². The predicted molar refractivity (Wildman–Crippen MR) is 111 cm³/mol. The number of ether oxygens (including phenoxy) is 4. The van der Waals surface area contributed by atoms with Crippen molar-refractivity contribution in [3.05, 3.63) is 0 Å². The fourth-order valence-corrected chi connectivity index (χ4v) is 4.85. The van der Waals surface area contributed by atoms with E-state index < -0.39 is 67.9 Å². The summed E-state index contributed by atoms with van der Waals surface area (Å²) in [7, 11) is 0. The van der Waals surface area contributed by atoms with E-state index >= 15 is 0 Å². The van der Waals surface area contributed by atoms with Crippen LogP contribution in [-0.4, -0.2) is 94.4 Å². The third kappa shape index (κ3) is 5.40. The summed E-state index contributed by atoms with van der Waals surface area (Å²) in [5.74, 6) is 0.166. The molecule has 0 radical (unpaired) electrons. The molecule has 0 aromatic carbocycles. The molecule has 1 aliphatic carbocycles. The number of hydrogen-bond donors (Lipinski definition) is 6. The average molecular weight is 449 g/mol. The third-order valence-electron chi connectivity index (χ3n) is 7.01. The first kappa shape index (κ1) is 25.2. The molecule has 3 rings (SSSR count). The zero-order valence-corrected chi connectivity index (χ0v) is 18.6. The summed E-state index contributed by atoms with van der Waals surface area (Å²) in [5.41, 5.74) is 12.1. The van der Waals surface area contributed by atoms with Crippen LogP contribution in [0.4, 0.5) is 0 Å². The normalized spacial score (nSPS) is 51.6. The van der Waals surface area contributed by atoms with Crippen molar-refractivity contribution in [3.8, 4) is 0 Å². The summed E-state index contributed by atoms with van der Waals surface area (Å²) in [6.45, 7) is 5.63. The second-order valence-corrected chi connectivity index (χ2v) is 9.44. The monoisotopic (exact) mass is 448 g/mol. The van der Waals surface area contributed by atoms with Gasteiger partial charge in [-0.3, -0.25) is 0 Å². The maximum absolute atomic E-state index is 11.1. The number of hydrogen-bond acceptors (Lipinski definition) is 10. The Morgan fingerprint density at radius 2 is 1.55 bits per heavy atom. The van der Waals surface area contributed by atoms with Crippen molar-refractivity contribution in [1.29, 1.82) is 0 Å². The van der Waals surface area contributed by atoms with Gasteiger partial charge in [-0.2, -0.15) is 0 Å². The minimum atomic E-state index is -1.34. The van der Waals surface area contributed by atoms with Gasteiger partial charge < -0.3 is 50.8 Å². The standard InChI is InChI=1S/C21H40N2O8/c1-4-11-6-5-9(2)20(28-11)30-18-10(3)7-12(22)19(17(18)27)31-21-16(26)14(23)15(25)13(8-24)29-21/h9-21,24-27H,4-8,22-23H2,1-3H3. The molecule has 10 heteroatoms. The van der Waals surface area contributed by atoms with Crippen LogP contribution in [-0.2, 0) is 18.9 Å². The van der Waals surface area contributed by atoms with Gasteiger partial charge in [-0.1, -0.05) is 20.8 Å². The second-order valence-electron chi connectivity index (χ2n) is 9.44. The summed E-state index contributed by atoms with van der Waals surface area (Å²) in [5, 5.41) is 41.0. The van der Waals surface area contributed by atoms with Gasteiger partial charge in [0.1, 0.15) is 30.5 Å². The first-order chi connectivity index (χ1) is 14.7. The lowest BCUT2D eigenvalue weighted by atomic mass is 9.80. The molecule has 31 heavy (non-hydrogen) atoms. The van der Waals surface area contributed by atoms with E-state index in [1.165, 1.54) is 0 Å². The molecule has 13 atom stereocenters. The minimum absolute atomic E-state index is 0.0332. The molecule has 0 bridgehead atoms. The molecule has 0 spiro atoms. The van der Waals surface area contributed by atoms with Crippen LogP contribution in [0.5, 0.6) is 0 Å². The average Bonchev–Trinajstić information content (AvgIpc) is 2.75. The molecule has 0 aromatic heterocycles. The Balaban J connectivity index is 1.69.